The van der Waals surface area contributed by atoms with Crippen molar-refractivity contribution in [1.29, 1.82) is 0 Å². The molecule has 3 atom stereocenters. The molecule has 1 nitrogen and oxygen atoms in total. The van der Waals surface area contributed by atoms with Crippen molar-refractivity contribution in [3.63, 3.8) is 0 Å². The van der Waals surface area contributed by atoms with Gasteiger partial charge in [-0.05, 0) is 80.7 Å². The summed E-state index contributed by atoms with van der Waals surface area (Å²) in [5, 5.41) is 4.11. The number of rotatable bonds is 10. The molecule has 3 aromatic carbocycles. The highest BCUT2D eigenvalue weighted by Gasteiger charge is 2.34. The zero-order chi connectivity index (χ0) is 28.5. The quantitative estimate of drug-likeness (QED) is 0.103. The second-order valence-corrected chi connectivity index (χ2v) is 15.1. The Kier molecular flexibility index (Phi) is 11.5. The first-order chi connectivity index (χ1) is 19.3. The van der Waals surface area contributed by atoms with E-state index in [1.54, 1.807) is 0 Å². The van der Waals surface area contributed by atoms with Crippen molar-refractivity contribution in [2.75, 3.05) is 6.66 Å². The topological polar surface area (TPSA) is 3.24 Å². The molecule has 1 aliphatic carbocycles. The lowest BCUT2D eigenvalue weighted by Crippen LogP contribution is -2.36. The van der Waals surface area contributed by atoms with Crippen molar-refractivity contribution in [2.24, 2.45) is 0 Å². The maximum atomic E-state index is 13.9. The second-order valence-electron chi connectivity index (χ2n) is 10.7. The van der Waals surface area contributed by atoms with Crippen LogP contribution in [-0.4, -0.2) is 24.4 Å². The molecule has 0 N–H and O–H groups in total. The van der Waals surface area contributed by atoms with Gasteiger partial charge in [-0.1, -0.05) is 116 Å². The highest BCUT2D eigenvalue weighted by molar-refractivity contribution is 7.81. The molecule has 0 amide bonds. The Morgan fingerprint density at radius 2 is 1.62 bits per heavy atom. The van der Waals surface area contributed by atoms with Crippen LogP contribution in [0.15, 0.2) is 115 Å². The van der Waals surface area contributed by atoms with Gasteiger partial charge in [-0.15, -0.1) is 0 Å². The highest BCUT2D eigenvalue weighted by Crippen LogP contribution is 2.56. The van der Waals surface area contributed by atoms with Crippen molar-refractivity contribution in [3.8, 4) is 0 Å². The van der Waals surface area contributed by atoms with Crippen molar-refractivity contribution in [2.45, 2.75) is 57.8 Å². The molecule has 1 aliphatic rings. The number of hydrogen-bond donors (Lipinski definition) is 0. The van der Waals surface area contributed by atoms with Crippen molar-refractivity contribution in [1.82, 2.24) is 4.44 Å². The van der Waals surface area contributed by atoms with E-state index in [0.29, 0.717) is 13.3 Å². The molecule has 0 radical (unpaired) electrons. The van der Waals surface area contributed by atoms with E-state index in [9.17, 15) is 8.78 Å². The van der Waals surface area contributed by atoms with Crippen LogP contribution in [0.2, 0.25) is 5.82 Å². The molecule has 40 heavy (non-hydrogen) atoms. The SMILES string of the molecule is C=C(F)/C(F)=C\C(C)Bc1ccc(C)c(P(C)N(C2C/C=C\CCCC2)P(c2ccccc2)c2ccccc2)c1. The number of nitrogens with zero attached hydrogens (tertiary/aromatic N) is 1. The second kappa shape index (κ2) is 15.0. The van der Waals surface area contributed by atoms with Crippen LogP contribution in [0.25, 0.3) is 0 Å². The molecule has 0 bridgehead atoms. The van der Waals surface area contributed by atoms with Gasteiger partial charge in [0.25, 0.3) is 0 Å². The molecule has 3 unspecified atom stereocenters. The summed E-state index contributed by atoms with van der Waals surface area (Å²) in [6, 6.07) is 29.1. The van der Waals surface area contributed by atoms with Gasteiger partial charge in [0.2, 0.25) is 0 Å². The summed E-state index contributed by atoms with van der Waals surface area (Å²) in [6.45, 7) is 9.64. The third-order valence-corrected chi connectivity index (χ3v) is 13.2. The van der Waals surface area contributed by atoms with Gasteiger partial charge in [0.1, 0.15) is 0 Å². The first kappa shape index (κ1) is 30.6. The number of benzene rings is 3. The largest absolute Gasteiger partial charge is 0.245 e. The zero-order valence-corrected chi connectivity index (χ0v) is 25.7. The van der Waals surface area contributed by atoms with Gasteiger partial charge in [0.05, 0.1) is 0 Å². The molecule has 0 fully saturated rings. The lowest BCUT2D eigenvalue weighted by molar-refractivity contribution is 0.439. The smallest absolute Gasteiger partial charge is 0.164 e. The summed E-state index contributed by atoms with van der Waals surface area (Å²) in [4.78, 5) is 0. The summed E-state index contributed by atoms with van der Waals surface area (Å²) >= 11 is 0. The van der Waals surface area contributed by atoms with Crippen LogP contribution in [0.4, 0.5) is 8.78 Å². The van der Waals surface area contributed by atoms with Crippen LogP contribution < -0.4 is 21.4 Å². The molecule has 208 valence electrons. The van der Waals surface area contributed by atoms with Gasteiger partial charge in [0.15, 0.2) is 18.9 Å². The molecular weight excluding hydrogens is 533 g/mol. The van der Waals surface area contributed by atoms with Gasteiger partial charge in [0, 0.05) is 14.1 Å². The Bertz CT molecular complexity index is 1270. The maximum Gasteiger partial charge on any atom is 0.164 e. The van der Waals surface area contributed by atoms with Crippen LogP contribution in [0.5, 0.6) is 0 Å². The minimum atomic E-state index is -1.01. The van der Waals surface area contributed by atoms with Gasteiger partial charge < -0.3 is 0 Å². The fraction of sp³-hybridized carbons (Fsp3) is 0.294. The van der Waals surface area contributed by atoms with E-state index in [0.717, 1.165) is 11.9 Å². The number of hydrogen-bond acceptors (Lipinski definition) is 1. The standard InChI is InChI=1S/C34H40BF2NP2/c1-26-22-23-29(35-27(2)24-33(37)28(3)36)25-34(26)39(4)38(30-16-10-6-5-7-11-17-30)40(31-18-12-8-13-19-31)32-20-14-9-15-21-32/h6,8-10,12-15,18-25,27,30,35H,3,5,7,11,16-17H2,1-2,4H3/b10-6-,33-24+. The van der Waals surface area contributed by atoms with E-state index in [2.05, 4.69) is 116 Å². The predicted molar refractivity (Wildman–Crippen MR) is 176 cm³/mol. The fourth-order valence-electron chi connectivity index (χ4n) is 5.42. The van der Waals surface area contributed by atoms with Crippen LogP contribution in [0.1, 0.15) is 44.6 Å². The third-order valence-electron chi connectivity index (χ3n) is 7.44. The number of halogens is 2. The molecule has 0 saturated heterocycles. The van der Waals surface area contributed by atoms with E-state index >= 15 is 0 Å². The van der Waals surface area contributed by atoms with E-state index in [1.165, 1.54) is 53.2 Å². The lowest BCUT2D eigenvalue weighted by atomic mass is 9.59. The summed E-state index contributed by atoms with van der Waals surface area (Å²) in [7, 11) is -0.806. The summed E-state index contributed by atoms with van der Waals surface area (Å²) in [5.74, 6) is -2.01. The van der Waals surface area contributed by atoms with E-state index in [4.69, 9.17) is 0 Å². The molecule has 0 saturated carbocycles. The van der Waals surface area contributed by atoms with Crippen molar-refractivity contribution < 1.29 is 8.78 Å². The van der Waals surface area contributed by atoms with Gasteiger partial charge in [-0.3, -0.25) is 0 Å². The minimum absolute atomic E-state index is 0.135. The van der Waals surface area contributed by atoms with Gasteiger partial charge in [-0.2, -0.15) is 0 Å². The Balaban J connectivity index is 1.78. The molecular formula is C34H40BF2NP2. The average Bonchev–Trinajstić information content (AvgIpc) is 2.93. The van der Waals surface area contributed by atoms with Crippen molar-refractivity contribution in [3.05, 3.63) is 121 Å². The lowest BCUT2D eigenvalue weighted by Gasteiger charge is -2.43. The molecule has 0 aliphatic heterocycles. The molecule has 3 aromatic rings. The van der Waals surface area contributed by atoms with Crippen LogP contribution in [0.3, 0.4) is 0 Å². The average molecular weight is 573 g/mol. The Morgan fingerprint density at radius 3 is 2.25 bits per heavy atom. The normalized spacial score (nSPS) is 18.6. The Hall–Kier alpha value is -2.38. The van der Waals surface area contributed by atoms with Gasteiger partial charge >= 0.3 is 0 Å². The number of allylic oxidation sites excluding steroid dienone is 4. The zero-order valence-electron chi connectivity index (χ0n) is 23.9. The summed E-state index contributed by atoms with van der Waals surface area (Å²) in [5.41, 5.74) is 2.43. The summed E-state index contributed by atoms with van der Waals surface area (Å²) in [6.07, 6.45) is 12.0. The molecule has 4 rings (SSSR count). The number of aryl methyl sites for hydroxylation is 1. The first-order valence-electron chi connectivity index (χ1n) is 14.2. The highest BCUT2D eigenvalue weighted by atomic mass is 31.2. The molecule has 0 heterocycles. The Labute approximate surface area is 243 Å². The fourth-order valence-corrected chi connectivity index (χ4v) is 11.5. The Morgan fingerprint density at radius 1 is 0.975 bits per heavy atom. The van der Waals surface area contributed by atoms with E-state index < -0.39 is 27.8 Å². The monoisotopic (exact) mass is 573 g/mol. The van der Waals surface area contributed by atoms with Crippen LogP contribution >= 0.6 is 16.1 Å². The van der Waals surface area contributed by atoms with Crippen LogP contribution in [0, 0.1) is 6.92 Å². The minimum Gasteiger partial charge on any atom is -0.245 e. The molecule has 0 aromatic heterocycles. The third kappa shape index (κ3) is 8.10. The van der Waals surface area contributed by atoms with E-state index in [-0.39, 0.29) is 5.82 Å². The summed E-state index contributed by atoms with van der Waals surface area (Å²) < 4.78 is 30.0. The molecule has 0 spiro atoms. The van der Waals surface area contributed by atoms with E-state index in [1.807, 2.05) is 6.92 Å². The first-order valence-corrected chi connectivity index (χ1v) is 17.3. The predicted octanol–water partition coefficient (Wildman–Crippen LogP) is 8.09. The molecule has 6 heteroatoms. The van der Waals surface area contributed by atoms with Gasteiger partial charge in [-0.25, -0.2) is 13.2 Å². The van der Waals surface area contributed by atoms with Crippen molar-refractivity contribution >= 4 is 44.8 Å². The maximum absolute atomic E-state index is 13.9. The van der Waals surface area contributed by atoms with Crippen LogP contribution in [-0.2, 0) is 0 Å².